The number of carbonyl (C=O) groups excluding carboxylic acids is 1. The van der Waals surface area contributed by atoms with Gasteiger partial charge in [-0.25, -0.2) is 4.79 Å². The molecule has 0 radical (unpaired) electrons. The van der Waals surface area contributed by atoms with Crippen LogP contribution in [0, 0.1) is 0 Å². The Labute approximate surface area is 139 Å². The van der Waals surface area contributed by atoms with E-state index in [1.807, 2.05) is 20.8 Å². The molecule has 1 aromatic rings. The summed E-state index contributed by atoms with van der Waals surface area (Å²) in [5, 5.41) is 5.83. The number of amides is 1. The third-order valence-electron chi connectivity index (χ3n) is 3.80. The van der Waals surface area contributed by atoms with Crippen molar-refractivity contribution in [2.45, 2.75) is 50.9 Å². The Kier molecular flexibility index (Phi) is 5.42. The normalized spacial score (nSPS) is 22.1. The number of rotatable bonds is 2. The lowest BCUT2D eigenvalue weighted by Crippen LogP contribution is -2.47. The molecule has 1 heterocycles. The second kappa shape index (κ2) is 7.01. The van der Waals surface area contributed by atoms with Gasteiger partial charge in [0, 0.05) is 18.0 Å². The van der Waals surface area contributed by atoms with Crippen LogP contribution in [0.2, 0.25) is 0 Å². The zero-order valence-corrected chi connectivity index (χ0v) is 14.0. The quantitative estimate of drug-likeness (QED) is 0.861. The van der Waals surface area contributed by atoms with Gasteiger partial charge in [-0.3, -0.25) is 0 Å². The highest BCUT2D eigenvalue weighted by Gasteiger charge is 2.34. The maximum absolute atomic E-state index is 12.9. The van der Waals surface area contributed by atoms with Crippen molar-refractivity contribution in [3.63, 3.8) is 0 Å². The fraction of sp³-hybridized carbons (Fsp3) is 0.588. The van der Waals surface area contributed by atoms with E-state index in [-0.39, 0.29) is 5.92 Å². The standard InChI is InChI=1S/C17H23F3N2O2/c1-16(2,3)22-15(23)24-14-10-21-8-7-13(14)11-5-4-6-12(9-11)17(18,19)20/h4-6,9,13-14,21H,7-8,10H2,1-3H3,(H,22,23). The fourth-order valence-corrected chi connectivity index (χ4v) is 2.75. The molecule has 4 nitrogen and oxygen atoms in total. The minimum absolute atomic E-state index is 0.265. The monoisotopic (exact) mass is 344 g/mol. The molecular weight excluding hydrogens is 321 g/mol. The summed E-state index contributed by atoms with van der Waals surface area (Å²) in [6.45, 7) is 6.58. The number of alkyl halides is 3. The summed E-state index contributed by atoms with van der Waals surface area (Å²) in [6, 6.07) is 5.25. The first-order valence-corrected chi connectivity index (χ1v) is 7.93. The summed E-state index contributed by atoms with van der Waals surface area (Å²) < 4.78 is 44.2. The molecule has 1 aromatic carbocycles. The van der Waals surface area contributed by atoms with Crippen LogP contribution in [0.25, 0.3) is 0 Å². The molecule has 2 N–H and O–H groups in total. The van der Waals surface area contributed by atoms with Gasteiger partial charge in [0.1, 0.15) is 6.10 Å². The minimum atomic E-state index is -4.39. The zero-order valence-electron chi connectivity index (χ0n) is 14.0. The van der Waals surface area contributed by atoms with Gasteiger partial charge >= 0.3 is 12.3 Å². The number of carbonyl (C=O) groups is 1. The number of benzene rings is 1. The van der Waals surface area contributed by atoms with Gasteiger partial charge in [-0.05, 0) is 45.4 Å². The number of alkyl carbamates (subject to hydrolysis) is 1. The first-order chi connectivity index (χ1) is 11.1. The van der Waals surface area contributed by atoms with E-state index in [0.29, 0.717) is 25.1 Å². The molecule has 7 heteroatoms. The predicted molar refractivity (Wildman–Crippen MR) is 84.8 cm³/mol. The molecule has 1 saturated heterocycles. The van der Waals surface area contributed by atoms with Crippen LogP contribution >= 0.6 is 0 Å². The second-order valence-electron chi connectivity index (χ2n) is 7.04. The van der Waals surface area contributed by atoms with Crippen LogP contribution in [0.3, 0.4) is 0 Å². The summed E-state index contributed by atoms with van der Waals surface area (Å²) in [6.07, 6.45) is -4.85. The molecule has 1 fully saturated rings. The number of halogens is 3. The Morgan fingerprint density at radius 1 is 1.29 bits per heavy atom. The molecule has 0 aromatic heterocycles. The van der Waals surface area contributed by atoms with Crippen molar-refractivity contribution < 1.29 is 22.7 Å². The smallest absolute Gasteiger partial charge is 0.416 e. The molecule has 0 spiro atoms. The van der Waals surface area contributed by atoms with Gasteiger partial charge in [0.05, 0.1) is 5.56 Å². The molecular formula is C17H23F3N2O2. The Hall–Kier alpha value is -1.76. The van der Waals surface area contributed by atoms with Crippen LogP contribution in [-0.2, 0) is 10.9 Å². The van der Waals surface area contributed by atoms with Gasteiger partial charge in [-0.1, -0.05) is 18.2 Å². The maximum Gasteiger partial charge on any atom is 0.416 e. The molecule has 2 rings (SSSR count). The summed E-state index contributed by atoms with van der Waals surface area (Å²) in [5.41, 5.74) is -0.582. The minimum Gasteiger partial charge on any atom is -0.444 e. The Morgan fingerprint density at radius 3 is 2.62 bits per heavy atom. The lowest BCUT2D eigenvalue weighted by Gasteiger charge is -2.33. The number of piperidine rings is 1. The highest BCUT2D eigenvalue weighted by atomic mass is 19.4. The van der Waals surface area contributed by atoms with Crippen molar-refractivity contribution in [2.24, 2.45) is 0 Å². The van der Waals surface area contributed by atoms with Crippen molar-refractivity contribution in [3.05, 3.63) is 35.4 Å². The zero-order chi connectivity index (χ0) is 18.0. The molecule has 0 aliphatic carbocycles. The van der Waals surface area contributed by atoms with Crippen LogP contribution in [0.5, 0.6) is 0 Å². The molecule has 2 atom stereocenters. The van der Waals surface area contributed by atoms with Crippen LogP contribution < -0.4 is 10.6 Å². The van der Waals surface area contributed by atoms with Crippen molar-refractivity contribution in [1.82, 2.24) is 10.6 Å². The largest absolute Gasteiger partial charge is 0.444 e. The van der Waals surface area contributed by atoms with E-state index >= 15 is 0 Å². The third-order valence-corrected chi connectivity index (χ3v) is 3.80. The SMILES string of the molecule is CC(C)(C)NC(=O)OC1CNCCC1c1cccc(C(F)(F)F)c1. The van der Waals surface area contributed by atoms with E-state index < -0.39 is 29.5 Å². The van der Waals surface area contributed by atoms with E-state index in [1.54, 1.807) is 6.07 Å². The number of ether oxygens (including phenoxy) is 1. The van der Waals surface area contributed by atoms with Gasteiger partial charge in [0.15, 0.2) is 0 Å². The number of hydrogen-bond donors (Lipinski definition) is 2. The average molecular weight is 344 g/mol. The first kappa shape index (κ1) is 18.6. The molecule has 1 aliphatic heterocycles. The van der Waals surface area contributed by atoms with Crippen LogP contribution in [-0.4, -0.2) is 30.8 Å². The van der Waals surface area contributed by atoms with Crippen LogP contribution in [0.15, 0.2) is 24.3 Å². The van der Waals surface area contributed by atoms with E-state index in [2.05, 4.69) is 10.6 Å². The lowest BCUT2D eigenvalue weighted by molar-refractivity contribution is -0.137. The van der Waals surface area contributed by atoms with Gasteiger partial charge in [0.2, 0.25) is 0 Å². The molecule has 0 bridgehead atoms. The summed E-state index contributed by atoms with van der Waals surface area (Å²) in [7, 11) is 0. The maximum atomic E-state index is 12.9. The molecule has 0 saturated carbocycles. The Balaban J connectivity index is 2.16. The van der Waals surface area contributed by atoms with Crippen LogP contribution in [0.4, 0.5) is 18.0 Å². The summed E-state index contributed by atoms with van der Waals surface area (Å²) in [4.78, 5) is 12.0. The summed E-state index contributed by atoms with van der Waals surface area (Å²) >= 11 is 0. The highest BCUT2D eigenvalue weighted by molar-refractivity contribution is 5.68. The van der Waals surface area contributed by atoms with Crippen molar-refractivity contribution >= 4 is 6.09 Å². The van der Waals surface area contributed by atoms with Crippen LogP contribution in [0.1, 0.15) is 44.2 Å². The summed E-state index contributed by atoms with van der Waals surface area (Å²) in [5.74, 6) is -0.265. The van der Waals surface area contributed by atoms with Crippen molar-refractivity contribution in [1.29, 1.82) is 0 Å². The second-order valence-corrected chi connectivity index (χ2v) is 7.04. The Morgan fingerprint density at radius 2 is 2.00 bits per heavy atom. The van der Waals surface area contributed by atoms with E-state index in [1.165, 1.54) is 6.07 Å². The number of nitrogens with one attached hydrogen (secondary N) is 2. The lowest BCUT2D eigenvalue weighted by atomic mass is 9.87. The molecule has 2 unspecified atom stereocenters. The Bertz CT molecular complexity index is 582. The predicted octanol–water partition coefficient (Wildman–Crippen LogP) is 3.68. The van der Waals surface area contributed by atoms with Gasteiger partial charge in [0.25, 0.3) is 0 Å². The van der Waals surface area contributed by atoms with E-state index in [0.717, 1.165) is 12.1 Å². The van der Waals surface area contributed by atoms with Gasteiger partial charge in [-0.15, -0.1) is 0 Å². The van der Waals surface area contributed by atoms with Crippen molar-refractivity contribution in [3.8, 4) is 0 Å². The first-order valence-electron chi connectivity index (χ1n) is 7.93. The topological polar surface area (TPSA) is 50.4 Å². The molecule has 134 valence electrons. The van der Waals surface area contributed by atoms with E-state index in [4.69, 9.17) is 4.74 Å². The third kappa shape index (κ3) is 5.12. The number of hydrogen-bond acceptors (Lipinski definition) is 3. The van der Waals surface area contributed by atoms with Crippen molar-refractivity contribution in [2.75, 3.05) is 13.1 Å². The van der Waals surface area contributed by atoms with Gasteiger partial charge in [-0.2, -0.15) is 13.2 Å². The molecule has 24 heavy (non-hydrogen) atoms. The molecule has 1 amide bonds. The fourth-order valence-electron chi connectivity index (χ4n) is 2.75. The highest BCUT2D eigenvalue weighted by Crippen LogP contribution is 2.34. The van der Waals surface area contributed by atoms with Gasteiger partial charge < -0.3 is 15.4 Å². The van der Waals surface area contributed by atoms with E-state index in [9.17, 15) is 18.0 Å². The molecule has 1 aliphatic rings. The average Bonchev–Trinajstić information content (AvgIpc) is 2.45.